The number of hydrogen-bond acceptors (Lipinski definition) is 2. The normalized spacial score (nSPS) is 17.0. The van der Waals surface area contributed by atoms with E-state index in [1.165, 1.54) is 16.7 Å². The Morgan fingerprint density at radius 2 is 1.90 bits per heavy atom. The molecule has 3 rings (SSSR count). The first kappa shape index (κ1) is 14.2. The third-order valence-electron chi connectivity index (χ3n) is 4.24. The second-order valence-electron chi connectivity index (χ2n) is 6.06. The van der Waals surface area contributed by atoms with Crippen LogP contribution in [0.4, 0.5) is 0 Å². The molecule has 0 aliphatic heterocycles. The molecule has 0 bridgehead atoms. The van der Waals surface area contributed by atoms with Gasteiger partial charge in [-0.05, 0) is 41.5 Å². The molecule has 0 saturated carbocycles. The fourth-order valence-electron chi connectivity index (χ4n) is 2.89. The average Bonchev–Trinajstić information content (AvgIpc) is 2.88. The van der Waals surface area contributed by atoms with E-state index in [0.29, 0.717) is 12.5 Å². The van der Waals surface area contributed by atoms with E-state index in [0.717, 1.165) is 24.2 Å². The molecule has 2 aromatic carbocycles. The van der Waals surface area contributed by atoms with Crippen LogP contribution in [0.1, 0.15) is 54.5 Å². The van der Waals surface area contributed by atoms with E-state index in [1.807, 2.05) is 18.2 Å². The highest BCUT2D eigenvalue weighted by atomic mass is 16.5. The Kier molecular flexibility index (Phi) is 3.98. The third-order valence-corrected chi connectivity index (χ3v) is 4.24. The van der Waals surface area contributed by atoms with Crippen molar-refractivity contribution < 1.29 is 9.84 Å². The Labute approximate surface area is 126 Å². The fourth-order valence-corrected chi connectivity index (χ4v) is 2.89. The third kappa shape index (κ3) is 2.96. The summed E-state index contributed by atoms with van der Waals surface area (Å²) in [7, 11) is 0. The molecule has 1 aliphatic rings. The van der Waals surface area contributed by atoms with Gasteiger partial charge in [-0.3, -0.25) is 0 Å². The maximum Gasteiger partial charge on any atom is 0.123 e. The molecule has 0 radical (unpaired) electrons. The Balaban J connectivity index is 1.71. The first-order chi connectivity index (χ1) is 10.1. The summed E-state index contributed by atoms with van der Waals surface area (Å²) in [5, 5.41) is 9.92. The van der Waals surface area contributed by atoms with Gasteiger partial charge in [0, 0.05) is 5.56 Å². The zero-order valence-corrected chi connectivity index (χ0v) is 12.7. The maximum atomic E-state index is 9.92. The monoisotopic (exact) mass is 282 g/mol. The van der Waals surface area contributed by atoms with Crippen molar-refractivity contribution in [1.82, 2.24) is 0 Å². The molecule has 110 valence electrons. The number of hydrogen-bond donors (Lipinski definition) is 1. The quantitative estimate of drug-likeness (QED) is 0.902. The van der Waals surface area contributed by atoms with Crippen molar-refractivity contribution in [2.75, 3.05) is 0 Å². The van der Waals surface area contributed by atoms with Gasteiger partial charge >= 0.3 is 0 Å². The largest absolute Gasteiger partial charge is 0.489 e. The van der Waals surface area contributed by atoms with E-state index < -0.39 is 0 Å². The van der Waals surface area contributed by atoms with Crippen LogP contribution < -0.4 is 4.74 Å². The first-order valence-electron chi connectivity index (χ1n) is 7.66. The van der Waals surface area contributed by atoms with Crippen molar-refractivity contribution >= 4 is 0 Å². The first-order valence-corrected chi connectivity index (χ1v) is 7.66. The molecule has 1 atom stereocenters. The minimum atomic E-state index is -0.325. The summed E-state index contributed by atoms with van der Waals surface area (Å²) >= 11 is 0. The van der Waals surface area contributed by atoms with Crippen LogP contribution in [0.2, 0.25) is 0 Å². The standard InChI is InChI=1S/C19H22O2/c1-13(2)15-8-6-14(7-9-15)12-21-19-5-3-4-16-17(19)10-11-18(16)20/h3-9,13,18,20H,10-12H2,1-2H3. The zero-order chi connectivity index (χ0) is 14.8. The smallest absolute Gasteiger partial charge is 0.123 e. The average molecular weight is 282 g/mol. The van der Waals surface area contributed by atoms with Gasteiger partial charge in [0.25, 0.3) is 0 Å². The molecule has 1 unspecified atom stereocenters. The van der Waals surface area contributed by atoms with Crippen LogP contribution in [0.3, 0.4) is 0 Å². The summed E-state index contributed by atoms with van der Waals surface area (Å²) in [6.45, 7) is 4.97. The van der Waals surface area contributed by atoms with E-state index in [-0.39, 0.29) is 6.10 Å². The number of rotatable bonds is 4. The molecular formula is C19H22O2. The van der Waals surface area contributed by atoms with Crippen LogP contribution >= 0.6 is 0 Å². The number of aliphatic hydroxyl groups excluding tert-OH is 1. The molecule has 0 aromatic heterocycles. The zero-order valence-electron chi connectivity index (χ0n) is 12.7. The molecule has 2 heteroatoms. The van der Waals surface area contributed by atoms with Crippen LogP contribution in [0.15, 0.2) is 42.5 Å². The summed E-state index contributed by atoms with van der Waals surface area (Å²) in [6.07, 6.45) is 1.38. The summed E-state index contributed by atoms with van der Waals surface area (Å²) < 4.78 is 5.97. The minimum absolute atomic E-state index is 0.325. The topological polar surface area (TPSA) is 29.5 Å². The lowest BCUT2D eigenvalue weighted by molar-refractivity contribution is 0.180. The van der Waals surface area contributed by atoms with Crippen molar-refractivity contribution in [2.24, 2.45) is 0 Å². The van der Waals surface area contributed by atoms with Gasteiger partial charge in [0.1, 0.15) is 12.4 Å². The number of benzene rings is 2. The highest BCUT2D eigenvalue weighted by Gasteiger charge is 2.23. The molecule has 0 spiro atoms. The van der Waals surface area contributed by atoms with Gasteiger partial charge in [-0.1, -0.05) is 50.2 Å². The summed E-state index contributed by atoms with van der Waals surface area (Å²) in [6, 6.07) is 14.6. The van der Waals surface area contributed by atoms with Crippen LogP contribution in [0.25, 0.3) is 0 Å². The second kappa shape index (κ2) is 5.90. The summed E-state index contributed by atoms with van der Waals surface area (Å²) in [5.41, 5.74) is 4.73. The van der Waals surface area contributed by atoms with E-state index in [2.05, 4.69) is 38.1 Å². The molecular weight excluding hydrogens is 260 g/mol. The molecule has 0 saturated heterocycles. The highest BCUT2D eigenvalue weighted by Crippen LogP contribution is 2.36. The van der Waals surface area contributed by atoms with Crippen molar-refractivity contribution in [3.8, 4) is 5.75 Å². The van der Waals surface area contributed by atoms with Gasteiger partial charge in [0.05, 0.1) is 6.10 Å². The lowest BCUT2D eigenvalue weighted by Gasteiger charge is -2.12. The van der Waals surface area contributed by atoms with E-state index >= 15 is 0 Å². The second-order valence-corrected chi connectivity index (χ2v) is 6.06. The van der Waals surface area contributed by atoms with E-state index in [1.54, 1.807) is 0 Å². The van der Waals surface area contributed by atoms with Crippen LogP contribution in [-0.2, 0) is 13.0 Å². The Bertz CT molecular complexity index is 614. The van der Waals surface area contributed by atoms with Crippen LogP contribution in [-0.4, -0.2) is 5.11 Å². The molecule has 0 amide bonds. The maximum absolute atomic E-state index is 9.92. The van der Waals surface area contributed by atoms with Gasteiger partial charge in [-0.25, -0.2) is 0 Å². The van der Waals surface area contributed by atoms with Gasteiger partial charge in [0.15, 0.2) is 0 Å². The Hall–Kier alpha value is -1.80. The van der Waals surface area contributed by atoms with Gasteiger partial charge in [0.2, 0.25) is 0 Å². The lowest BCUT2D eigenvalue weighted by Crippen LogP contribution is -1.99. The fraction of sp³-hybridized carbons (Fsp3) is 0.368. The predicted octanol–water partition coefficient (Wildman–Crippen LogP) is 4.37. The summed E-state index contributed by atoms with van der Waals surface area (Å²) in [5.74, 6) is 1.47. The lowest BCUT2D eigenvalue weighted by atomic mass is 10.0. The van der Waals surface area contributed by atoms with E-state index in [4.69, 9.17) is 4.74 Å². The van der Waals surface area contributed by atoms with Crippen LogP contribution in [0, 0.1) is 0 Å². The minimum Gasteiger partial charge on any atom is -0.489 e. The van der Waals surface area contributed by atoms with Crippen molar-refractivity contribution in [1.29, 1.82) is 0 Å². The molecule has 1 aliphatic carbocycles. The molecule has 2 aromatic rings. The van der Waals surface area contributed by atoms with Gasteiger partial charge < -0.3 is 9.84 Å². The molecule has 1 N–H and O–H groups in total. The Morgan fingerprint density at radius 1 is 1.14 bits per heavy atom. The molecule has 21 heavy (non-hydrogen) atoms. The van der Waals surface area contributed by atoms with E-state index in [9.17, 15) is 5.11 Å². The van der Waals surface area contributed by atoms with Crippen molar-refractivity contribution in [3.63, 3.8) is 0 Å². The Morgan fingerprint density at radius 3 is 2.62 bits per heavy atom. The molecule has 2 nitrogen and oxygen atoms in total. The molecule has 0 fully saturated rings. The van der Waals surface area contributed by atoms with Crippen molar-refractivity contribution in [3.05, 3.63) is 64.7 Å². The number of fused-ring (bicyclic) bond motifs is 1. The van der Waals surface area contributed by atoms with Gasteiger partial charge in [-0.15, -0.1) is 0 Å². The summed E-state index contributed by atoms with van der Waals surface area (Å²) in [4.78, 5) is 0. The number of aliphatic hydroxyl groups is 1. The SMILES string of the molecule is CC(C)c1ccc(COc2cccc3c2CCC3O)cc1. The van der Waals surface area contributed by atoms with Gasteiger partial charge in [-0.2, -0.15) is 0 Å². The number of ether oxygens (including phenoxy) is 1. The highest BCUT2D eigenvalue weighted by molar-refractivity contribution is 5.44. The van der Waals surface area contributed by atoms with Crippen LogP contribution in [0.5, 0.6) is 5.75 Å². The predicted molar refractivity (Wildman–Crippen MR) is 84.6 cm³/mol. The molecule has 0 heterocycles. The van der Waals surface area contributed by atoms with Crippen molar-refractivity contribution in [2.45, 2.75) is 45.3 Å².